The Morgan fingerprint density at radius 3 is 2.55 bits per heavy atom. The van der Waals surface area contributed by atoms with Gasteiger partial charge in [-0.1, -0.05) is 37.6 Å². The van der Waals surface area contributed by atoms with Crippen LogP contribution in [0.25, 0.3) is 0 Å². The number of hydrogen-bond donors (Lipinski definition) is 1. The Morgan fingerprint density at radius 1 is 1.32 bits per heavy atom. The molecule has 6 heteroatoms. The topological polar surface area (TPSA) is 63.2 Å². The van der Waals surface area contributed by atoms with Crippen LogP contribution >= 0.6 is 11.6 Å². The van der Waals surface area contributed by atoms with Crippen molar-refractivity contribution >= 4 is 33.1 Å². The van der Waals surface area contributed by atoms with Gasteiger partial charge in [0.25, 0.3) is 0 Å². The van der Waals surface area contributed by atoms with Gasteiger partial charge >= 0.3 is 0 Å². The number of hydrogen-bond acceptors (Lipinski definition) is 3. The SMILES string of the molecule is CC1(C)[C@H]2CC[C@@]1(CS(=O)(=O)Nc1ccccc1Cl)C(=O)C2. The van der Waals surface area contributed by atoms with Crippen molar-refractivity contribution < 1.29 is 13.2 Å². The molecule has 1 N–H and O–H groups in total. The van der Waals surface area contributed by atoms with E-state index in [0.717, 1.165) is 6.42 Å². The Labute approximate surface area is 136 Å². The van der Waals surface area contributed by atoms with Crippen LogP contribution in [-0.4, -0.2) is 20.0 Å². The monoisotopic (exact) mass is 341 g/mol. The Hall–Kier alpha value is -1.07. The molecule has 0 heterocycles. The first-order chi connectivity index (χ1) is 10.2. The summed E-state index contributed by atoms with van der Waals surface area (Å²) in [6, 6.07) is 6.72. The van der Waals surface area contributed by atoms with E-state index < -0.39 is 15.4 Å². The molecule has 2 aliphatic carbocycles. The number of para-hydroxylation sites is 1. The van der Waals surface area contributed by atoms with Crippen molar-refractivity contribution in [1.82, 2.24) is 0 Å². The van der Waals surface area contributed by atoms with Crippen LogP contribution < -0.4 is 4.72 Å². The quantitative estimate of drug-likeness (QED) is 0.911. The van der Waals surface area contributed by atoms with Crippen LogP contribution in [0.4, 0.5) is 5.69 Å². The van der Waals surface area contributed by atoms with Gasteiger partial charge in [0, 0.05) is 6.42 Å². The van der Waals surface area contributed by atoms with Gasteiger partial charge in [-0.25, -0.2) is 8.42 Å². The van der Waals surface area contributed by atoms with Crippen molar-refractivity contribution in [3.05, 3.63) is 29.3 Å². The third-order valence-electron chi connectivity index (χ3n) is 5.71. The summed E-state index contributed by atoms with van der Waals surface area (Å²) in [5, 5.41) is 0.352. The van der Waals surface area contributed by atoms with Crippen LogP contribution in [-0.2, 0) is 14.8 Å². The summed E-state index contributed by atoms with van der Waals surface area (Å²) in [4.78, 5) is 12.5. The Bertz CT molecular complexity index is 729. The molecule has 1 aromatic carbocycles. The minimum Gasteiger partial charge on any atom is -0.299 e. The Balaban J connectivity index is 1.89. The highest BCUT2D eigenvalue weighted by atomic mass is 35.5. The van der Waals surface area contributed by atoms with E-state index in [1.165, 1.54) is 0 Å². The van der Waals surface area contributed by atoms with Gasteiger partial charge in [-0.2, -0.15) is 0 Å². The van der Waals surface area contributed by atoms with Crippen LogP contribution in [0.1, 0.15) is 33.1 Å². The zero-order valence-electron chi connectivity index (χ0n) is 12.7. The minimum absolute atomic E-state index is 0.0956. The summed E-state index contributed by atoms with van der Waals surface area (Å²) < 4.78 is 27.7. The lowest BCUT2D eigenvalue weighted by Gasteiger charge is -2.36. The molecule has 0 aromatic heterocycles. The van der Waals surface area contributed by atoms with E-state index in [2.05, 4.69) is 4.72 Å². The number of Topliss-reactive ketones (excluding diaryl/α,β-unsaturated/α-hetero) is 1. The zero-order chi connectivity index (χ0) is 16.2. The van der Waals surface area contributed by atoms with Gasteiger partial charge < -0.3 is 0 Å². The van der Waals surface area contributed by atoms with E-state index in [4.69, 9.17) is 11.6 Å². The zero-order valence-corrected chi connectivity index (χ0v) is 14.3. The largest absolute Gasteiger partial charge is 0.299 e. The molecule has 2 aliphatic rings. The molecule has 3 rings (SSSR count). The smallest absolute Gasteiger partial charge is 0.233 e. The van der Waals surface area contributed by atoms with Crippen LogP contribution in [0.5, 0.6) is 0 Å². The number of rotatable bonds is 4. The second kappa shape index (κ2) is 4.96. The second-order valence-corrected chi connectivity index (χ2v) is 9.14. The number of nitrogens with one attached hydrogen (secondary N) is 1. The van der Waals surface area contributed by atoms with Gasteiger partial charge in [0.1, 0.15) is 5.78 Å². The molecule has 2 bridgehead atoms. The maximum Gasteiger partial charge on any atom is 0.233 e. The molecular weight excluding hydrogens is 322 g/mol. The first kappa shape index (κ1) is 15.8. The third-order valence-corrected chi connectivity index (χ3v) is 7.45. The maximum atomic E-state index is 12.6. The number of carbonyl (C=O) groups is 1. The normalized spacial score (nSPS) is 29.8. The number of carbonyl (C=O) groups excluding carboxylic acids is 1. The average Bonchev–Trinajstić information content (AvgIpc) is 2.74. The van der Waals surface area contributed by atoms with Crippen molar-refractivity contribution in [3.8, 4) is 0 Å². The number of ketones is 1. The molecule has 0 unspecified atom stereocenters. The molecule has 0 saturated heterocycles. The van der Waals surface area contributed by atoms with Gasteiger partial charge in [-0.3, -0.25) is 9.52 Å². The molecule has 4 nitrogen and oxygen atoms in total. The molecule has 2 atom stereocenters. The van der Waals surface area contributed by atoms with Crippen molar-refractivity contribution in [3.63, 3.8) is 0 Å². The van der Waals surface area contributed by atoms with Crippen molar-refractivity contribution in [2.24, 2.45) is 16.7 Å². The standard InChI is InChI=1S/C16H20ClNO3S/c1-15(2)11-7-8-16(15,14(19)9-11)10-22(20,21)18-13-6-4-3-5-12(13)17/h3-6,11,18H,7-10H2,1-2H3/t11-,16+/m0/s1. The predicted molar refractivity (Wildman–Crippen MR) is 87.4 cm³/mol. The minimum atomic E-state index is -3.64. The molecule has 2 saturated carbocycles. The van der Waals surface area contributed by atoms with E-state index in [9.17, 15) is 13.2 Å². The fourth-order valence-corrected chi connectivity index (χ4v) is 6.33. The number of halogens is 1. The summed E-state index contributed by atoms with van der Waals surface area (Å²) in [7, 11) is -3.64. The number of fused-ring (bicyclic) bond motifs is 2. The molecule has 0 amide bonds. The molecule has 0 radical (unpaired) electrons. The highest BCUT2D eigenvalue weighted by Gasteiger charge is 2.65. The van der Waals surface area contributed by atoms with E-state index in [0.29, 0.717) is 29.5 Å². The van der Waals surface area contributed by atoms with E-state index in [1.807, 2.05) is 13.8 Å². The number of benzene rings is 1. The van der Waals surface area contributed by atoms with Gasteiger partial charge in [0.2, 0.25) is 10.0 Å². The van der Waals surface area contributed by atoms with Crippen LogP contribution in [0.2, 0.25) is 5.02 Å². The lowest BCUT2D eigenvalue weighted by molar-refractivity contribution is -0.128. The summed E-state index contributed by atoms with van der Waals surface area (Å²) in [6.07, 6.45) is 2.10. The van der Waals surface area contributed by atoms with Gasteiger partial charge in [0.05, 0.1) is 21.9 Å². The molecule has 22 heavy (non-hydrogen) atoms. The molecular formula is C16H20ClNO3S. The van der Waals surface area contributed by atoms with Crippen molar-refractivity contribution in [1.29, 1.82) is 0 Å². The van der Waals surface area contributed by atoms with E-state index >= 15 is 0 Å². The van der Waals surface area contributed by atoms with Gasteiger partial charge in [-0.05, 0) is 36.3 Å². The number of sulfonamides is 1. The highest BCUT2D eigenvalue weighted by Crippen LogP contribution is 2.64. The molecule has 120 valence electrons. The maximum absolute atomic E-state index is 12.6. The van der Waals surface area contributed by atoms with E-state index in [1.54, 1.807) is 24.3 Å². The average molecular weight is 342 g/mol. The first-order valence-corrected chi connectivity index (χ1v) is 9.49. The van der Waals surface area contributed by atoms with Crippen LogP contribution in [0.15, 0.2) is 24.3 Å². The summed E-state index contributed by atoms with van der Waals surface area (Å²) in [5.74, 6) is 0.238. The summed E-state index contributed by atoms with van der Waals surface area (Å²) in [5.41, 5.74) is -0.664. The summed E-state index contributed by atoms with van der Waals surface area (Å²) >= 11 is 6.01. The fraction of sp³-hybridized carbons (Fsp3) is 0.562. The number of anilines is 1. The van der Waals surface area contributed by atoms with Crippen LogP contribution in [0, 0.1) is 16.7 Å². The Kier molecular flexibility index (Phi) is 3.57. The van der Waals surface area contributed by atoms with Crippen LogP contribution in [0.3, 0.4) is 0 Å². The van der Waals surface area contributed by atoms with Crippen molar-refractivity contribution in [2.75, 3.05) is 10.5 Å². The molecule has 2 fully saturated rings. The van der Waals surface area contributed by atoms with Gasteiger partial charge in [-0.15, -0.1) is 0 Å². The fourth-order valence-electron chi connectivity index (χ4n) is 4.18. The highest BCUT2D eigenvalue weighted by molar-refractivity contribution is 7.92. The first-order valence-electron chi connectivity index (χ1n) is 7.46. The molecule has 0 spiro atoms. The second-order valence-electron chi connectivity index (χ2n) is 7.01. The summed E-state index contributed by atoms with van der Waals surface area (Å²) in [6.45, 7) is 4.06. The lowest BCUT2D eigenvalue weighted by atomic mass is 9.70. The third kappa shape index (κ3) is 2.26. The molecule has 0 aliphatic heterocycles. The Morgan fingerprint density at radius 2 is 2.00 bits per heavy atom. The lowest BCUT2D eigenvalue weighted by Crippen LogP contribution is -2.43. The van der Waals surface area contributed by atoms with E-state index in [-0.39, 0.29) is 17.0 Å². The molecule has 1 aromatic rings. The van der Waals surface area contributed by atoms with Gasteiger partial charge in [0.15, 0.2) is 0 Å². The predicted octanol–water partition coefficient (Wildman–Crippen LogP) is 3.48. The van der Waals surface area contributed by atoms with Crippen molar-refractivity contribution in [2.45, 2.75) is 33.1 Å².